The fourth-order valence-corrected chi connectivity index (χ4v) is 2.51. The average Bonchev–Trinajstić information content (AvgIpc) is 2.94. The number of benzene rings is 1. The molecule has 2 aliphatic rings. The van der Waals surface area contributed by atoms with Gasteiger partial charge in [0.25, 0.3) is 5.91 Å². The van der Waals surface area contributed by atoms with Crippen LogP contribution in [0.3, 0.4) is 0 Å². The number of imide groups is 1. The molecular formula is C14H15N3O3. The molecule has 6 heteroatoms. The minimum Gasteiger partial charge on any atom is -0.370 e. The highest BCUT2D eigenvalue weighted by Gasteiger charge is 2.52. The largest absolute Gasteiger partial charge is 0.370 e. The first-order chi connectivity index (χ1) is 9.52. The number of carbonyl (C=O) groups is 2. The van der Waals surface area contributed by atoms with Crippen LogP contribution in [0.1, 0.15) is 25.8 Å². The van der Waals surface area contributed by atoms with Gasteiger partial charge in [0.2, 0.25) is 6.23 Å². The maximum atomic E-state index is 12.6. The SMILES string of the molecule is CC1=NOC(N2C(=O)NC(C)(c3ccccc3)C2=O)C1. The Morgan fingerprint density at radius 2 is 2.05 bits per heavy atom. The summed E-state index contributed by atoms with van der Waals surface area (Å²) < 4.78 is 0. The summed E-state index contributed by atoms with van der Waals surface area (Å²) in [4.78, 5) is 31.0. The summed E-state index contributed by atoms with van der Waals surface area (Å²) in [6, 6.07) is 8.72. The Morgan fingerprint density at radius 1 is 1.35 bits per heavy atom. The van der Waals surface area contributed by atoms with Gasteiger partial charge < -0.3 is 10.2 Å². The minimum absolute atomic E-state index is 0.316. The highest BCUT2D eigenvalue weighted by atomic mass is 16.7. The summed E-state index contributed by atoms with van der Waals surface area (Å²) in [6.07, 6.45) is -0.197. The van der Waals surface area contributed by atoms with Gasteiger partial charge in [0.15, 0.2) is 0 Å². The minimum atomic E-state index is -1.06. The van der Waals surface area contributed by atoms with E-state index in [9.17, 15) is 9.59 Å². The fraction of sp³-hybridized carbons (Fsp3) is 0.357. The zero-order chi connectivity index (χ0) is 14.3. The van der Waals surface area contributed by atoms with Crippen LogP contribution in [-0.2, 0) is 15.2 Å². The number of hydrogen-bond donors (Lipinski definition) is 1. The van der Waals surface area contributed by atoms with E-state index in [1.165, 1.54) is 0 Å². The zero-order valence-corrected chi connectivity index (χ0v) is 11.3. The predicted molar refractivity (Wildman–Crippen MR) is 71.8 cm³/mol. The highest BCUT2D eigenvalue weighted by molar-refractivity contribution is 6.07. The van der Waals surface area contributed by atoms with E-state index in [0.717, 1.165) is 16.2 Å². The number of nitrogens with zero attached hydrogens (tertiary/aromatic N) is 2. The molecule has 6 nitrogen and oxygen atoms in total. The van der Waals surface area contributed by atoms with E-state index >= 15 is 0 Å². The van der Waals surface area contributed by atoms with Crippen LogP contribution in [-0.4, -0.2) is 28.8 Å². The van der Waals surface area contributed by atoms with Gasteiger partial charge in [-0.05, 0) is 19.4 Å². The van der Waals surface area contributed by atoms with E-state index < -0.39 is 17.8 Å². The van der Waals surface area contributed by atoms with Crippen LogP contribution in [0, 0.1) is 0 Å². The van der Waals surface area contributed by atoms with Gasteiger partial charge in [-0.15, -0.1) is 0 Å². The van der Waals surface area contributed by atoms with Gasteiger partial charge in [-0.3, -0.25) is 4.79 Å². The molecule has 0 radical (unpaired) electrons. The van der Waals surface area contributed by atoms with E-state index in [-0.39, 0.29) is 5.91 Å². The van der Waals surface area contributed by atoms with E-state index in [1.807, 2.05) is 30.3 Å². The first-order valence-corrected chi connectivity index (χ1v) is 6.43. The molecular weight excluding hydrogens is 258 g/mol. The lowest BCUT2D eigenvalue weighted by atomic mass is 9.92. The summed E-state index contributed by atoms with van der Waals surface area (Å²) in [5.74, 6) is -0.316. The van der Waals surface area contributed by atoms with Crippen molar-refractivity contribution in [3.05, 3.63) is 35.9 Å². The molecule has 0 aliphatic carbocycles. The molecule has 0 bridgehead atoms. The van der Waals surface area contributed by atoms with E-state index in [4.69, 9.17) is 4.84 Å². The zero-order valence-electron chi connectivity index (χ0n) is 11.3. The van der Waals surface area contributed by atoms with E-state index in [1.54, 1.807) is 13.8 Å². The lowest BCUT2D eigenvalue weighted by Gasteiger charge is -2.23. The molecule has 2 atom stereocenters. The number of oxime groups is 1. The van der Waals surface area contributed by atoms with Crippen LogP contribution in [0.5, 0.6) is 0 Å². The van der Waals surface area contributed by atoms with Crippen LogP contribution >= 0.6 is 0 Å². The monoisotopic (exact) mass is 273 g/mol. The van der Waals surface area contributed by atoms with Crippen LogP contribution < -0.4 is 5.32 Å². The quantitative estimate of drug-likeness (QED) is 0.831. The third-order valence-electron chi connectivity index (χ3n) is 3.66. The smallest absolute Gasteiger partial charge is 0.328 e. The van der Waals surface area contributed by atoms with Gasteiger partial charge in [-0.25, -0.2) is 9.69 Å². The summed E-state index contributed by atoms with van der Waals surface area (Å²) >= 11 is 0. The topological polar surface area (TPSA) is 71.0 Å². The molecule has 1 saturated heterocycles. The standard InChI is InChI=1S/C14H15N3O3/c1-9-8-11(20-16-9)17-12(18)14(2,15-13(17)19)10-6-4-3-5-7-10/h3-7,11H,8H2,1-2H3,(H,15,19). The van der Waals surface area contributed by atoms with Crippen molar-refractivity contribution in [2.75, 3.05) is 0 Å². The maximum absolute atomic E-state index is 12.6. The Hall–Kier alpha value is -2.37. The number of hydrogen-bond acceptors (Lipinski definition) is 4. The molecule has 2 unspecified atom stereocenters. The molecule has 3 rings (SSSR count). The second kappa shape index (κ2) is 4.33. The Balaban J connectivity index is 1.91. The molecule has 0 aromatic heterocycles. The number of urea groups is 1. The summed E-state index contributed by atoms with van der Waals surface area (Å²) in [7, 11) is 0. The molecule has 20 heavy (non-hydrogen) atoms. The van der Waals surface area contributed by atoms with Gasteiger partial charge in [0.1, 0.15) is 5.54 Å². The maximum Gasteiger partial charge on any atom is 0.328 e. The van der Waals surface area contributed by atoms with Crippen molar-refractivity contribution in [3.63, 3.8) is 0 Å². The Bertz CT molecular complexity index is 599. The van der Waals surface area contributed by atoms with Gasteiger partial charge >= 0.3 is 6.03 Å². The van der Waals surface area contributed by atoms with Crippen molar-refractivity contribution < 1.29 is 14.4 Å². The fourth-order valence-electron chi connectivity index (χ4n) is 2.51. The second-order valence-electron chi connectivity index (χ2n) is 5.19. The number of amides is 3. The Kier molecular flexibility index (Phi) is 2.74. The molecule has 1 aromatic carbocycles. The number of nitrogens with one attached hydrogen (secondary N) is 1. The molecule has 2 aliphatic heterocycles. The summed E-state index contributed by atoms with van der Waals surface area (Å²) in [6.45, 7) is 3.50. The summed E-state index contributed by atoms with van der Waals surface area (Å²) in [5.41, 5.74) is 0.457. The van der Waals surface area contributed by atoms with Gasteiger partial charge in [0, 0.05) is 6.42 Å². The van der Waals surface area contributed by atoms with Crippen molar-refractivity contribution >= 4 is 17.6 Å². The van der Waals surface area contributed by atoms with Crippen LogP contribution in [0.25, 0.3) is 0 Å². The number of rotatable bonds is 2. The molecule has 0 spiro atoms. The molecule has 1 aromatic rings. The Morgan fingerprint density at radius 3 is 2.65 bits per heavy atom. The summed E-state index contributed by atoms with van der Waals surface area (Å²) in [5, 5.41) is 6.54. The molecule has 0 saturated carbocycles. The van der Waals surface area contributed by atoms with Crippen molar-refractivity contribution in [1.82, 2.24) is 10.2 Å². The average molecular weight is 273 g/mol. The van der Waals surface area contributed by atoms with Crippen molar-refractivity contribution in [1.29, 1.82) is 0 Å². The third kappa shape index (κ3) is 1.76. The van der Waals surface area contributed by atoms with Crippen LogP contribution in [0.2, 0.25) is 0 Å². The predicted octanol–water partition coefficient (Wildman–Crippen LogP) is 1.58. The molecule has 1 N–H and O–H groups in total. The number of carbonyl (C=O) groups excluding carboxylic acids is 2. The van der Waals surface area contributed by atoms with Crippen molar-refractivity contribution in [2.24, 2.45) is 5.16 Å². The second-order valence-corrected chi connectivity index (χ2v) is 5.19. The van der Waals surface area contributed by atoms with E-state index in [2.05, 4.69) is 10.5 Å². The molecule has 1 fully saturated rings. The van der Waals surface area contributed by atoms with Crippen LogP contribution in [0.4, 0.5) is 4.79 Å². The lowest BCUT2D eigenvalue weighted by Crippen LogP contribution is -2.43. The molecule has 2 heterocycles. The van der Waals surface area contributed by atoms with E-state index in [0.29, 0.717) is 6.42 Å². The molecule has 104 valence electrons. The third-order valence-corrected chi connectivity index (χ3v) is 3.66. The van der Waals surface area contributed by atoms with Gasteiger partial charge in [-0.1, -0.05) is 35.5 Å². The van der Waals surface area contributed by atoms with Gasteiger partial charge in [-0.2, -0.15) is 0 Å². The van der Waals surface area contributed by atoms with Crippen molar-refractivity contribution in [3.8, 4) is 0 Å². The first-order valence-electron chi connectivity index (χ1n) is 6.43. The van der Waals surface area contributed by atoms with Gasteiger partial charge in [0.05, 0.1) is 5.71 Å². The Labute approximate surface area is 116 Å². The lowest BCUT2D eigenvalue weighted by molar-refractivity contribution is -0.139. The first kappa shape index (κ1) is 12.7. The molecule has 3 amide bonds. The normalized spacial score (nSPS) is 29.2. The van der Waals surface area contributed by atoms with Crippen molar-refractivity contribution in [2.45, 2.75) is 32.0 Å². The highest BCUT2D eigenvalue weighted by Crippen LogP contribution is 2.31. The van der Waals surface area contributed by atoms with Crippen LogP contribution in [0.15, 0.2) is 35.5 Å².